The number of benzene rings is 1. The Bertz CT molecular complexity index is 370. The summed E-state index contributed by atoms with van der Waals surface area (Å²) in [6, 6.07) is 3.39. The van der Waals surface area contributed by atoms with Gasteiger partial charge in [0.15, 0.2) is 0 Å². The van der Waals surface area contributed by atoms with Gasteiger partial charge in [0.25, 0.3) is 0 Å². The monoisotopic (exact) mass is 271 g/mol. The first kappa shape index (κ1) is 15.1. The van der Waals surface area contributed by atoms with E-state index in [0.29, 0.717) is 5.02 Å². The van der Waals surface area contributed by atoms with Gasteiger partial charge in [-0.3, -0.25) is 0 Å². The molecule has 0 bridgehead atoms. The maximum atomic E-state index is 13.0. The molecule has 3 nitrogen and oxygen atoms in total. The molecule has 0 saturated carbocycles. The summed E-state index contributed by atoms with van der Waals surface area (Å²) in [4.78, 5) is 10.2. The lowest BCUT2D eigenvalue weighted by atomic mass is 10.0. The number of aliphatic carboxylic acids is 1. The van der Waals surface area contributed by atoms with Crippen LogP contribution in [0.2, 0.25) is 5.02 Å². The third-order valence-electron chi connectivity index (χ3n) is 1.90. The fourth-order valence-electron chi connectivity index (χ4n) is 1.01. The first-order chi connectivity index (χ1) is 6.85. The van der Waals surface area contributed by atoms with Crippen molar-refractivity contribution in [3.05, 3.63) is 34.9 Å². The molecule has 0 spiro atoms. The van der Waals surface area contributed by atoms with Gasteiger partial charge in [-0.2, -0.15) is 8.78 Å². The number of carbonyl (C=O) groups is 1. The molecule has 0 aromatic heterocycles. The van der Waals surface area contributed by atoms with Crippen LogP contribution >= 0.6 is 24.0 Å². The minimum atomic E-state index is -3.99. The van der Waals surface area contributed by atoms with Gasteiger partial charge in [-0.15, -0.1) is 12.4 Å². The van der Waals surface area contributed by atoms with Gasteiger partial charge in [-0.25, -0.2) is 4.79 Å². The number of carboxylic acids is 1. The van der Waals surface area contributed by atoms with Crippen LogP contribution < -0.4 is 5.73 Å². The first-order valence-corrected chi connectivity index (χ1v) is 4.35. The summed E-state index contributed by atoms with van der Waals surface area (Å²) in [7, 11) is 0. The number of hydrogen-bond acceptors (Lipinski definition) is 2. The second-order valence-corrected chi connectivity index (χ2v) is 3.39. The average Bonchev–Trinajstić information content (AvgIpc) is 2.17. The van der Waals surface area contributed by atoms with E-state index >= 15 is 0 Å². The highest BCUT2D eigenvalue weighted by Gasteiger charge is 2.46. The highest BCUT2D eigenvalue weighted by molar-refractivity contribution is 6.30. The van der Waals surface area contributed by atoms with Crippen molar-refractivity contribution in [2.75, 3.05) is 0 Å². The molecule has 16 heavy (non-hydrogen) atoms. The van der Waals surface area contributed by atoms with Crippen molar-refractivity contribution in [1.29, 1.82) is 0 Å². The summed E-state index contributed by atoms with van der Waals surface area (Å²) < 4.78 is 25.9. The summed E-state index contributed by atoms with van der Waals surface area (Å²) >= 11 is 5.55. The Labute approximate surface area is 102 Å². The van der Waals surface area contributed by atoms with Crippen LogP contribution in [0.5, 0.6) is 0 Å². The first-order valence-electron chi connectivity index (χ1n) is 3.98. The summed E-state index contributed by atoms with van der Waals surface area (Å²) in [5.74, 6) is -6.24. The van der Waals surface area contributed by atoms with Gasteiger partial charge in [-0.05, 0) is 17.7 Å². The molecule has 0 aliphatic heterocycles. The number of nitrogens with two attached hydrogens (primary N) is 1. The number of rotatable bonds is 3. The van der Waals surface area contributed by atoms with E-state index < -0.39 is 17.9 Å². The molecule has 1 rings (SSSR count). The lowest BCUT2D eigenvalue weighted by molar-refractivity contribution is -0.168. The second-order valence-electron chi connectivity index (χ2n) is 2.96. The second kappa shape index (κ2) is 5.43. The predicted molar refractivity (Wildman–Crippen MR) is 58.2 cm³/mol. The Morgan fingerprint density at radius 2 is 1.81 bits per heavy atom. The van der Waals surface area contributed by atoms with Crippen molar-refractivity contribution in [1.82, 2.24) is 0 Å². The molecule has 0 saturated heterocycles. The third-order valence-corrected chi connectivity index (χ3v) is 2.16. The summed E-state index contributed by atoms with van der Waals surface area (Å²) in [6.07, 6.45) is 0. The van der Waals surface area contributed by atoms with E-state index in [1.54, 1.807) is 0 Å². The molecule has 1 atom stereocenters. The van der Waals surface area contributed by atoms with Gasteiger partial charge in [0.05, 0.1) is 0 Å². The van der Waals surface area contributed by atoms with Crippen LogP contribution in [0.15, 0.2) is 24.3 Å². The van der Waals surface area contributed by atoms with Crippen molar-refractivity contribution >= 4 is 30.0 Å². The Balaban J connectivity index is 0.00000225. The number of carboxylic acid groups (broad SMARTS) is 1. The van der Waals surface area contributed by atoms with Gasteiger partial charge in [0.2, 0.25) is 0 Å². The molecule has 0 radical (unpaired) electrons. The lowest BCUT2D eigenvalue weighted by Gasteiger charge is -2.19. The Kier molecular flexibility index (Phi) is 5.12. The van der Waals surface area contributed by atoms with Crippen LogP contribution in [0.4, 0.5) is 8.78 Å². The third kappa shape index (κ3) is 3.04. The maximum absolute atomic E-state index is 13.0. The summed E-state index contributed by atoms with van der Waals surface area (Å²) in [5, 5.41) is 8.64. The van der Waals surface area contributed by atoms with E-state index in [2.05, 4.69) is 0 Å². The molecule has 0 fully saturated rings. The molecule has 3 N–H and O–H groups in total. The smallest absolute Gasteiger partial charge is 0.376 e. The van der Waals surface area contributed by atoms with Crippen molar-refractivity contribution in [2.45, 2.75) is 12.0 Å². The zero-order valence-electron chi connectivity index (χ0n) is 7.86. The van der Waals surface area contributed by atoms with E-state index in [-0.39, 0.29) is 18.0 Å². The van der Waals surface area contributed by atoms with E-state index in [1.807, 2.05) is 0 Å². The molecule has 0 heterocycles. The zero-order chi connectivity index (χ0) is 11.6. The average molecular weight is 272 g/mol. The lowest BCUT2D eigenvalue weighted by Crippen LogP contribution is -2.40. The number of alkyl halides is 2. The predicted octanol–water partition coefficient (Wildman–Crippen LogP) is 2.48. The molecule has 1 aromatic rings. The molecule has 0 unspecified atom stereocenters. The maximum Gasteiger partial charge on any atom is 0.376 e. The minimum absolute atomic E-state index is 0. The zero-order valence-corrected chi connectivity index (χ0v) is 9.43. The van der Waals surface area contributed by atoms with E-state index in [4.69, 9.17) is 22.4 Å². The van der Waals surface area contributed by atoms with Gasteiger partial charge < -0.3 is 10.8 Å². The molecule has 0 aliphatic rings. The van der Waals surface area contributed by atoms with Crippen LogP contribution in [0, 0.1) is 0 Å². The fraction of sp³-hybridized carbons (Fsp3) is 0.222. The molecule has 1 aromatic carbocycles. The number of hydrogen-bond donors (Lipinski definition) is 2. The van der Waals surface area contributed by atoms with E-state index in [1.165, 1.54) is 24.3 Å². The fourth-order valence-corrected chi connectivity index (χ4v) is 1.14. The summed E-state index contributed by atoms with van der Waals surface area (Å²) in [6.45, 7) is 0. The minimum Gasteiger partial charge on any atom is -0.477 e. The highest BCUT2D eigenvalue weighted by atomic mass is 35.5. The highest BCUT2D eigenvalue weighted by Crippen LogP contribution is 2.29. The van der Waals surface area contributed by atoms with Crippen molar-refractivity contribution in [3.63, 3.8) is 0 Å². The van der Waals surface area contributed by atoms with Gasteiger partial charge in [0.1, 0.15) is 6.04 Å². The van der Waals surface area contributed by atoms with Crippen LogP contribution in [0.1, 0.15) is 11.6 Å². The van der Waals surface area contributed by atoms with Crippen molar-refractivity contribution in [2.24, 2.45) is 5.73 Å². The Morgan fingerprint density at radius 1 is 1.38 bits per heavy atom. The Morgan fingerprint density at radius 3 is 2.19 bits per heavy atom. The topological polar surface area (TPSA) is 63.3 Å². The van der Waals surface area contributed by atoms with Crippen LogP contribution in [-0.2, 0) is 4.79 Å². The summed E-state index contributed by atoms with van der Waals surface area (Å²) in [5.41, 5.74) is 5.17. The Hall–Kier alpha value is -0.910. The standard InChI is InChI=1S/C9H8ClF2NO2.ClH/c10-6-3-1-5(2-4-6)7(13)9(11,12)8(14)15;/h1-4,7H,13H2,(H,14,15);1H/t7-;/m1./s1. The van der Waals surface area contributed by atoms with Crippen LogP contribution in [-0.4, -0.2) is 17.0 Å². The number of halogens is 4. The van der Waals surface area contributed by atoms with Gasteiger partial charge in [-0.1, -0.05) is 23.7 Å². The normalized spacial score (nSPS) is 12.8. The van der Waals surface area contributed by atoms with Crippen molar-refractivity contribution < 1.29 is 18.7 Å². The van der Waals surface area contributed by atoms with E-state index in [9.17, 15) is 13.6 Å². The molecule has 0 amide bonds. The quantitative estimate of drug-likeness (QED) is 0.888. The molecular formula is C9H9Cl2F2NO2. The SMILES string of the molecule is Cl.N[C@H](c1ccc(Cl)cc1)C(F)(F)C(=O)O. The molecule has 90 valence electrons. The van der Waals surface area contributed by atoms with Crippen LogP contribution in [0.25, 0.3) is 0 Å². The largest absolute Gasteiger partial charge is 0.477 e. The molecular weight excluding hydrogens is 263 g/mol. The van der Waals surface area contributed by atoms with Crippen LogP contribution in [0.3, 0.4) is 0 Å². The van der Waals surface area contributed by atoms with Gasteiger partial charge >= 0.3 is 11.9 Å². The molecule has 0 aliphatic carbocycles. The van der Waals surface area contributed by atoms with Gasteiger partial charge in [0, 0.05) is 5.02 Å². The van der Waals surface area contributed by atoms with E-state index in [0.717, 1.165) is 0 Å². The molecule has 7 heteroatoms. The van der Waals surface area contributed by atoms with Crippen molar-refractivity contribution in [3.8, 4) is 0 Å².